The Morgan fingerprint density at radius 1 is 1.16 bits per heavy atom. The summed E-state index contributed by atoms with van der Waals surface area (Å²) in [6, 6.07) is 7.67. The largest absolute Gasteiger partial charge is 0.366 e. The van der Waals surface area contributed by atoms with E-state index in [0.717, 1.165) is 23.7 Å². The molecule has 0 bridgehead atoms. The van der Waals surface area contributed by atoms with E-state index in [1.54, 1.807) is 11.3 Å². The fourth-order valence-corrected chi connectivity index (χ4v) is 4.11. The number of thiophene rings is 1. The van der Waals surface area contributed by atoms with E-state index in [0.29, 0.717) is 45.0 Å². The number of halogens is 2. The maximum atomic E-state index is 14.2. The van der Waals surface area contributed by atoms with Gasteiger partial charge in [0, 0.05) is 44.2 Å². The number of nitrogens with zero attached hydrogens (tertiary/aromatic N) is 6. The van der Waals surface area contributed by atoms with Crippen molar-refractivity contribution in [3.8, 4) is 0 Å². The summed E-state index contributed by atoms with van der Waals surface area (Å²) in [6.07, 6.45) is 0. The number of hydrogen-bond donors (Lipinski definition) is 1. The van der Waals surface area contributed by atoms with Gasteiger partial charge in [-0.1, -0.05) is 6.07 Å². The van der Waals surface area contributed by atoms with Gasteiger partial charge in [-0.25, -0.2) is 13.8 Å². The predicted octanol–water partition coefficient (Wildman–Crippen LogP) is 2.93. The Morgan fingerprint density at radius 3 is 2.65 bits per heavy atom. The van der Waals surface area contributed by atoms with Gasteiger partial charge in [-0.3, -0.25) is 0 Å². The summed E-state index contributed by atoms with van der Waals surface area (Å²) in [5.74, 6) is 1.56. The van der Waals surface area contributed by atoms with E-state index in [1.807, 2.05) is 34.9 Å². The van der Waals surface area contributed by atoms with Gasteiger partial charge in [0.1, 0.15) is 24.0 Å². The van der Waals surface area contributed by atoms with E-state index >= 15 is 0 Å². The Balaban J connectivity index is 1.46. The smallest absolute Gasteiger partial charge is 0.194 e. The first-order chi connectivity index (χ1) is 15.0. The lowest BCUT2D eigenvalue weighted by Crippen LogP contribution is -2.52. The third kappa shape index (κ3) is 5.01. The molecule has 0 radical (unpaired) electrons. The van der Waals surface area contributed by atoms with E-state index in [-0.39, 0.29) is 0 Å². The molecule has 10 heteroatoms. The number of aromatic nitrogens is 3. The van der Waals surface area contributed by atoms with Crippen LogP contribution in [0.1, 0.15) is 16.5 Å². The van der Waals surface area contributed by atoms with Gasteiger partial charge in [-0.05, 0) is 30.5 Å². The molecule has 0 saturated carbocycles. The predicted molar refractivity (Wildman–Crippen MR) is 118 cm³/mol. The van der Waals surface area contributed by atoms with E-state index in [9.17, 15) is 8.78 Å². The maximum Gasteiger partial charge on any atom is 0.194 e. The van der Waals surface area contributed by atoms with E-state index in [4.69, 9.17) is 4.99 Å². The molecule has 1 aliphatic rings. The fourth-order valence-electron chi connectivity index (χ4n) is 3.47. The van der Waals surface area contributed by atoms with E-state index in [1.165, 1.54) is 17.0 Å². The van der Waals surface area contributed by atoms with Crippen LogP contribution in [0.15, 0.2) is 40.7 Å². The number of benzene rings is 1. The zero-order valence-electron chi connectivity index (χ0n) is 17.6. The van der Waals surface area contributed by atoms with Gasteiger partial charge in [0.15, 0.2) is 11.8 Å². The van der Waals surface area contributed by atoms with Crippen molar-refractivity contribution in [2.24, 2.45) is 12.0 Å². The second-order valence-corrected chi connectivity index (χ2v) is 8.40. The van der Waals surface area contributed by atoms with Crippen LogP contribution in [-0.4, -0.2) is 51.8 Å². The van der Waals surface area contributed by atoms with Crippen molar-refractivity contribution in [1.29, 1.82) is 0 Å². The highest BCUT2D eigenvalue weighted by Gasteiger charge is 2.22. The molecule has 0 unspecified atom stereocenters. The van der Waals surface area contributed by atoms with Crippen LogP contribution in [0.2, 0.25) is 0 Å². The lowest BCUT2D eigenvalue weighted by Gasteiger charge is -2.37. The molecule has 1 aromatic carbocycles. The zero-order valence-corrected chi connectivity index (χ0v) is 18.4. The van der Waals surface area contributed by atoms with Crippen LogP contribution in [0.5, 0.6) is 0 Å². The molecule has 1 N–H and O–H groups in total. The third-order valence-corrected chi connectivity index (χ3v) is 6.26. The van der Waals surface area contributed by atoms with Crippen LogP contribution in [0.3, 0.4) is 0 Å². The van der Waals surface area contributed by atoms with E-state index < -0.39 is 11.6 Å². The molecule has 0 aliphatic carbocycles. The third-order valence-electron chi connectivity index (χ3n) is 5.38. The second-order valence-electron chi connectivity index (χ2n) is 7.37. The summed E-state index contributed by atoms with van der Waals surface area (Å²) in [5, 5.41) is 13.8. The minimum absolute atomic E-state index is 0.305. The van der Waals surface area contributed by atoms with Crippen LogP contribution in [0.4, 0.5) is 14.5 Å². The molecule has 1 fully saturated rings. The standard InChI is InChI=1S/C21H25F2N7S/c1-15-26-27-20(28(15)2)14-25-21(24-13-17-4-3-11-31-17)30-9-7-29(8-10-30)19-12-16(22)5-6-18(19)23/h3-6,11-12H,7-10,13-14H2,1-2H3,(H,24,25). The number of rotatable bonds is 5. The summed E-state index contributed by atoms with van der Waals surface area (Å²) in [4.78, 5) is 10.0. The molecular formula is C21H25F2N7S. The quantitative estimate of drug-likeness (QED) is 0.483. The molecule has 0 amide bonds. The van der Waals surface area contributed by atoms with Gasteiger partial charge in [-0.15, -0.1) is 21.5 Å². The van der Waals surface area contributed by atoms with Crippen molar-refractivity contribution in [2.45, 2.75) is 20.0 Å². The van der Waals surface area contributed by atoms with Crippen LogP contribution in [-0.2, 0) is 20.1 Å². The molecule has 0 spiro atoms. The average Bonchev–Trinajstić information content (AvgIpc) is 3.41. The molecule has 3 aromatic rings. The number of nitrogens with one attached hydrogen (secondary N) is 1. The number of aryl methyl sites for hydroxylation is 1. The van der Waals surface area contributed by atoms with Gasteiger partial charge in [0.05, 0.1) is 12.2 Å². The Kier molecular flexibility index (Phi) is 6.45. The molecule has 1 aliphatic heterocycles. The van der Waals surface area contributed by atoms with Crippen LogP contribution in [0.25, 0.3) is 0 Å². The Bertz CT molecular complexity index is 1040. The monoisotopic (exact) mass is 445 g/mol. The summed E-state index contributed by atoms with van der Waals surface area (Å²) in [5.41, 5.74) is 0.305. The summed E-state index contributed by atoms with van der Waals surface area (Å²) >= 11 is 1.68. The molecule has 7 nitrogen and oxygen atoms in total. The van der Waals surface area contributed by atoms with Gasteiger partial charge >= 0.3 is 0 Å². The van der Waals surface area contributed by atoms with Crippen LogP contribution < -0.4 is 10.2 Å². The van der Waals surface area contributed by atoms with Crippen LogP contribution >= 0.6 is 11.3 Å². The number of anilines is 1. The van der Waals surface area contributed by atoms with Crippen LogP contribution in [0, 0.1) is 18.6 Å². The lowest BCUT2D eigenvalue weighted by molar-refractivity contribution is 0.369. The highest BCUT2D eigenvalue weighted by molar-refractivity contribution is 7.09. The normalized spacial score (nSPS) is 14.9. The van der Waals surface area contributed by atoms with Gasteiger partial charge < -0.3 is 19.7 Å². The molecule has 0 atom stereocenters. The van der Waals surface area contributed by atoms with E-state index in [2.05, 4.69) is 26.5 Å². The minimum atomic E-state index is -0.433. The number of aliphatic imine (C=N–C) groups is 1. The highest BCUT2D eigenvalue weighted by Crippen LogP contribution is 2.22. The molecular weight excluding hydrogens is 420 g/mol. The molecule has 1 saturated heterocycles. The number of piperazine rings is 1. The van der Waals surface area contributed by atoms with Crippen molar-refractivity contribution in [2.75, 3.05) is 31.1 Å². The zero-order chi connectivity index (χ0) is 21.8. The van der Waals surface area contributed by atoms with Crippen molar-refractivity contribution >= 4 is 23.0 Å². The lowest BCUT2D eigenvalue weighted by atomic mass is 10.2. The van der Waals surface area contributed by atoms with Gasteiger partial charge in [0.25, 0.3) is 0 Å². The first kappa shape index (κ1) is 21.2. The molecule has 31 heavy (non-hydrogen) atoms. The topological polar surface area (TPSA) is 61.6 Å². The summed E-state index contributed by atoms with van der Waals surface area (Å²) in [6.45, 7) is 5.41. The SMILES string of the molecule is Cc1nnc(CN=C(NCc2cccs2)N2CCN(c3cc(F)ccc3F)CC2)n1C. The summed E-state index contributed by atoms with van der Waals surface area (Å²) in [7, 11) is 1.92. The van der Waals surface area contributed by atoms with Gasteiger partial charge in [0.2, 0.25) is 0 Å². The first-order valence-electron chi connectivity index (χ1n) is 10.1. The minimum Gasteiger partial charge on any atom is -0.366 e. The molecule has 2 aromatic heterocycles. The van der Waals surface area contributed by atoms with Crippen molar-refractivity contribution in [1.82, 2.24) is 25.0 Å². The Labute approximate surface area is 184 Å². The molecule has 4 rings (SSSR count). The molecule has 3 heterocycles. The van der Waals surface area contributed by atoms with Crippen molar-refractivity contribution in [3.05, 3.63) is 63.9 Å². The fraction of sp³-hybridized carbons (Fsp3) is 0.381. The first-order valence-corrected chi connectivity index (χ1v) is 11.0. The summed E-state index contributed by atoms with van der Waals surface area (Å²) < 4.78 is 29.7. The number of guanidine groups is 1. The second kappa shape index (κ2) is 9.42. The Morgan fingerprint density at radius 2 is 1.97 bits per heavy atom. The Hall–Kier alpha value is -3.01. The van der Waals surface area contributed by atoms with Crippen molar-refractivity contribution < 1.29 is 8.78 Å². The number of hydrogen-bond acceptors (Lipinski definition) is 5. The molecule has 164 valence electrons. The van der Waals surface area contributed by atoms with Gasteiger partial charge in [-0.2, -0.15) is 0 Å². The van der Waals surface area contributed by atoms with Crippen molar-refractivity contribution in [3.63, 3.8) is 0 Å². The highest BCUT2D eigenvalue weighted by atomic mass is 32.1. The average molecular weight is 446 g/mol. The maximum absolute atomic E-state index is 14.2.